The van der Waals surface area contributed by atoms with E-state index >= 15 is 0 Å². The van der Waals surface area contributed by atoms with Crippen molar-refractivity contribution in [2.24, 2.45) is 0 Å². The van der Waals surface area contributed by atoms with Crippen LogP contribution in [0.2, 0.25) is 5.02 Å². The molecule has 1 fully saturated rings. The van der Waals surface area contributed by atoms with Gasteiger partial charge in [-0.25, -0.2) is 9.78 Å². The molecule has 0 bridgehead atoms. The van der Waals surface area contributed by atoms with E-state index in [1.807, 2.05) is 30.3 Å². The molecule has 2 aromatic heterocycles. The first-order valence-electron chi connectivity index (χ1n) is 11.1. The summed E-state index contributed by atoms with van der Waals surface area (Å²) < 4.78 is 6.47. The third kappa shape index (κ3) is 5.29. The minimum absolute atomic E-state index is 0.134. The van der Waals surface area contributed by atoms with Crippen LogP contribution in [0.15, 0.2) is 59.4 Å². The summed E-state index contributed by atoms with van der Waals surface area (Å²) in [5.41, 5.74) is 2.04. The molecule has 11 heteroatoms. The van der Waals surface area contributed by atoms with Crippen LogP contribution in [0.5, 0.6) is 5.75 Å². The maximum absolute atomic E-state index is 12.7. The van der Waals surface area contributed by atoms with Gasteiger partial charge in [-0.05, 0) is 36.4 Å². The highest BCUT2D eigenvalue weighted by Gasteiger charge is 2.22. The zero-order valence-corrected chi connectivity index (χ0v) is 20.6. The number of piperazine rings is 1. The topological polar surface area (TPSA) is 92.1 Å². The van der Waals surface area contributed by atoms with Crippen molar-refractivity contribution in [1.29, 1.82) is 0 Å². The summed E-state index contributed by atoms with van der Waals surface area (Å²) in [7, 11) is 1.60. The fourth-order valence-corrected chi connectivity index (χ4v) is 5.00. The standard InChI is InChI=1S/C24H23ClN6O3S/c1-34-20-7-5-18(6-8-20)26-23(33)30-11-9-29(10-12-30)15-19-14-21(32)31-24(27-19)35-22(28-31)16-3-2-4-17(25)13-16/h2-8,13-14H,9-12,15H2,1H3,(H,26,33). The zero-order chi connectivity index (χ0) is 24.4. The third-order valence-electron chi connectivity index (χ3n) is 5.76. The molecule has 4 aromatic rings. The molecular weight excluding hydrogens is 488 g/mol. The number of nitrogens with zero attached hydrogens (tertiary/aromatic N) is 5. The number of anilines is 1. The van der Waals surface area contributed by atoms with Crippen LogP contribution in [0.25, 0.3) is 15.5 Å². The Balaban J connectivity index is 1.21. The van der Waals surface area contributed by atoms with E-state index < -0.39 is 0 Å². The van der Waals surface area contributed by atoms with Gasteiger partial charge in [-0.3, -0.25) is 9.69 Å². The molecule has 2 amide bonds. The van der Waals surface area contributed by atoms with Crippen molar-refractivity contribution < 1.29 is 9.53 Å². The molecule has 0 saturated carbocycles. The van der Waals surface area contributed by atoms with Crippen molar-refractivity contribution in [3.05, 3.63) is 75.7 Å². The quantitative estimate of drug-likeness (QED) is 0.438. The number of halogens is 1. The van der Waals surface area contributed by atoms with Crippen LogP contribution < -0.4 is 15.6 Å². The number of amides is 2. The van der Waals surface area contributed by atoms with Gasteiger partial charge in [0.05, 0.1) is 12.8 Å². The van der Waals surface area contributed by atoms with Gasteiger partial charge in [0.25, 0.3) is 5.56 Å². The van der Waals surface area contributed by atoms with Crippen LogP contribution in [0, 0.1) is 0 Å². The summed E-state index contributed by atoms with van der Waals surface area (Å²) in [6, 6.07) is 16.0. The lowest BCUT2D eigenvalue weighted by Gasteiger charge is -2.34. The second-order valence-corrected chi connectivity index (χ2v) is 9.51. The maximum atomic E-state index is 12.7. The maximum Gasteiger partial charge on any atom is 0.321 e. The Morgan fingerprint density at radius 1 is 1.11 bits per heavy atom. The number of hydrogen-bond donors (Lipinski definition) is 1. The van der Waals surface area contributed by atoms with Crippen molar-refractivity contribution in [1.82, 2.24) is 24.4 Å². The average Bonchev–Trinajstić information content (AvgIpc) is 3.30. The van der Waals surface area contributed by atoms with E-state index in [1.165, 1.54) is 21.9 Å². The Kier molecular flexibility index (Phi) is 6.67. The minimum atomic E-state index is -0.216. The van der Waals surface area contributed by atoms with Crippen LogP contribution in [0.1, 0.15) is 5.69 Å². The average molecular weight is 511 g/mol. The van der Waals surface area contributed by atoms with Crippen molar-refractivity contribution >= 4 is 39.6 Å². The monoisotopic (exact) mass is 510 g/mol. The lowest BCUT2D eigenvalue weighted by molar-refractivity contribution is 0.142. The number of nitrogens with one attached hydrogen (secondary N) is 1. The van der Waals surface area contributed by atoms with Crippen LogP contribution in [0.4, 0.5) is 10.5 Å². The van der Waals surface area contributed by atoms with Crippen molar-refractivity contribution in [2.75, 3.05) is 38.6 Å². The van der Waals surface area contributed by atoms with Gasteiger partial charge in [-0.1, -0.05) is 35.1 Å². The lowest BCUT2D eigenvalue weighted by atomic mass is 10.2. The molecule has 1 aliphatic heterocycles. The van der Waals surface area contributed by atoms with Gasteiger partial charge in [-0.15, -0.1) is 0 Å². The summed E-state index contributed by atoms with van der Waals surface area (Å²) >= 11 is 7.45. The predicted molar refractivity (Wildman–Crippen MR) is 136 cm³/mol. The Hall–Kier alpha value is -3.47. The molecule has 9 nitrogen and oxygen atoms in total. The fraction of sp³-hybridized carbons (Fsp3) is 0.250. The number of aromatic nitrogens is 3. The molecule has 35 heavy (non-hydrogen) atoms. The highest BCUT2D eigenvalue weighted by atomic mass is 35.5. The second-order valence-electron chi connectivity index (χ2n) is 8.12. The molecule has 0 aliphatic carbocycles. The summed E-state index contributed by atoms with van der Waals surface area (Å²) in [5.74, 6) is 0.738. The molecule has 0 radical (unpaired) electrons. The lowest BCUT2D eigenvalue weighted by Crippen LogP contribution is -2.49. The minimum Gasteiger partial charge on any atom is -0.497 e. The second kappa shape index (κ2) is 10.0. The first-order chi connectivity index (χ1) is 17.0. The van der Waals surface area contributed by atoms with Crippen LogP contribution in [-0.2, 0) is 6.54 Å². The van der Waals surface area contributed by atoms with E-state index in [1.54, 1.807) is 30.2 Å². The van der Waals surface area contributed by atoms with Crippen molar-refractivity contribution in [3.63, 3.8) is 0 Å². The van der Waals surface area contributed by atoms with Crippen molar-refractivity contribution in [2.45, 2.75) is 6.54 Å². The first kappa shape index (κ1) is 23.3. The highest BCUT2D eigenvalue weighted by molar-refractivity contribution is 7.19. The van der Waals surface area contributed by atoms with Crippen molar-refractivity contribution in [3.8, 4) is 16.3 Å². The molecule has 5 rings (SSSR count). The van der Waals surface area contributed by atoms with Crippen LogP contribution in [-0.4, -0.2) is 63.7 Å². The Labute approximate surface area is 210 Å². The van der Waals surface area contributed by atoms with Crippen LogP contribution >= 0.6 is 22.9 Å². The van der Waals surface area contributed by atoms with E-state index in [0.717, 1.165) is 17.0 Å². The molecule has 3 heterocycles. The number of methoxy groups -OCH3 is 1. The number of carbonyl (C=O) groups excluding carboxylic acids is 1. The van der Waals surface area contributed by atoms with Gasteiger partial charge in [0.1, 0.15) is 10.8 Å². The van der Waals surface area contributed by atoms with E-state index in [4.69, 9.17) is 16.3 Å². The molecule has 1 N–H and O–H groups in total. The molecule has 0 spiro atoms. The molecular formula is C24H23ClN6O3S. The van der Waals surface area contributed by atoms with Gasteiger partial charge >= 0.3 is 6.03 Å². The Morgan fingerprint density at radius 3 is 2.60 bits per heavy atom. The number of carbonyl (C=O) groups is 1. The number of fused-ring (bicyclic) bond motifs is 1. The molecule has 1 saturated heterocycles. The van der Waals surface area contributed by atoms with E-state index in [9.17, 15) is 9.59 Å². The summed E-state index contributed by atoms with van der Waals surface area (Å²) in [4.78, 5) is 34.5. The molecule has 1 aliphatic rings. The smallest absolute Gasteiger partial charge is 0.321 e. The van der Waals surface area contributed by atoms with E-state index in [2.05, 4.69) is 20.3 Å². The number of urea groups is 1. The SMILES string of the molecule is COc1ccc(NC(=O)N2CCN(Cc3cc(=O)n4nc(-c5cccc(Cl)c5)sc4n3)CC2)cc1. The first-order valence-corrected chi connectivity index (χ1v) is 12.3. The largest absolute Gasteiger partial charge is 0.497 e. The van der Waals surface area contributed by atoms with Gasteiger partial charge in [-0.2, -0.15) is 9.61 Å². The van der Waals surface area contributed by atoms with E-state index in [0.29, 0.717) is 53.4 Å². The molecule has 180 valence electrons. The Morgan fingerprint density at radius 2 is 1.89 bits per heavy atom. The molecule has 0 atom stereocenters. The van der Waals surface area contributed by atoms with Crippen LogP contribution in [0.3, 0.4) is 0 Å². The highest BCUT2D eigenvalue weighted by Crippen LogP contribution is 2.26. The predicted octanol–water partition coefficient (Wildman–Crippen LogP) is 3.83. The number of ether oxygens (including phenoxy) is 1. The fourth-order valence-electron chi connectivity index (χ4n) is 3.89. The Bertz CT molecular complexity index is 1410. The van der Waals surface area contributed by atoms with E-state index in [-0.39, 0.29) is 11.6 Å². The number of hydrogen-bond acceptors (Lipinski definition) is 7. The van der Waals surface area contributed by atoms with Gasteiger partial charge in [0, 0.05) is 55.1 Å². The van der Waals surface area contributed by atoms with Gasteiger partial charge in [0.15, 0.2) is 0 Å². The van der Waals surface area contributed by atoms with Gasteiger partial charge < -0.3 is 15.0 Å². The summed E-state index contributed by atoms with van der Waals surface area (Å²) in [5, 5.41) is 8.63. The zero-order valence-electron chi connectivity index (χ0n) is 19.0. The number of benzene rings is 2. The summed E-state index contributed by atoms with van der Waals surface area (Å²) in [6.45, 7) is 3.08. The number of rotatable bonds is 5. The third-order valence-corrected chi connectivity index (χ3v) is 6.95. The van der Waals surface area contributed by atoms with Gasteiger partial charge in [0.2, 0.25) is 4.96 Å². The molecule has 0 unspecified atom stereocenters. The summed E-state index contributed by atoms with van der Waals surface area (Å²) in [6.07, 6.45) is 0. The molecule has 2 aromatic carbocycles. The normalized spacial score (nSPS) is 14.3.